The second-order valence-electron chi connectivity index (χ2n) is 4.15. The SMILES string of the molecule is CN=C(NCCOc1ccc(C(F)(F)F)cn1)NCCSC. The number of pyridine rings is 1. The minimum absolute atomic E-state index is 0.153. The molecule has 0 saturated heterocycles. The van der Waals surface area contributed by atoms with Crippen LogP contribution in [-0.4, -0.2) is 49.7 Å². The molecule has 1 rings (SSSR count). The van der Waals surface area contributed by atoms with E-state index in [-0.39, 0.29) is 12.5 Å². The number of halogens is 3. The lowest BCUT2D eigenvalue weighted by Crippen LogP contribution is -2.40. The third-order valence-electron chi connectivity index (χ3n) is 2.53. The third-order valence-corrected chi connectivity index (χ3v) is 3.14. The summed E-state index contributed by atoms with van der Waals surface area (Å²) < 4.78 is 42.4. The predicted molar refractivity (Wildman–Crippen MR) is 82.5 cm³/mol. The summed E-state index contributed by atoms with van der Waals surface area (Å²) in [6, 6.07) is 2.15. The van der Waals surface area contributed by atoms with E-state index in [0.29, 0.717) is 12.5 Å². The van der Waals surface area contributed by atoms with Crippen LogP contribution >= 0.6 is 11.8 Å². The predicted octanol–water partition coefficient (Wildman–Crippen LogP) is 2.01. The largest absolute Gasteiger partial charge is 0.476 e. The summed E-state index contributed by atoms with van der Waals surface area (Å²) in [5.41, 5.74) is -0.795. The molecule has 0 spiro atoms. The van der Waals surface area contributed by atoms with Crippen molar-refractivity contribution in [1.82, 2.24) is 15.6 Å². The van der Waals surface area contributed by atoms with E-state index in [1.807, 2.05) is 6.26 Å². The Kier molecular flexibility index (Phi) is 7.86. The maximum Gasteiger partial charge on any atom is 0.417 e. The van der Waals surface area contributed by atoms with Gasteiger partial charge < -0.3 is 15.4 Å². The molecule has 0 amide bonds. The topological polar surface area (TPSA) is 58.5 Å². The zero-order valence-corrected chi connectivity index (χ0v) is 13.2. The Morgan fingerprint density at radius 1 is 1.32 bits per heavy atom. The number of alkyl halides is 3. The zero-order chi connectivity index (χ0) is 16.4. The highest BCUT2D eigenvalue weighted by Crippen LogP contribution is 2.29. The number of guanidine groups is 1. The molecule has 124 valence electrons. The minimum Gasteiger partial charge on any atom is -0.476 e. The molecule has 0 fully saturated rings. The van der Waals surface area contributed by atoms with E-state index in [2.05, 4.69) is 20.6 Å². The van der Waals surface area contributed by atoms with E-state index in [9.17, 15) is 13.2 Å². The van der Waals surface area contributed by atoms with E-state index < -0.39 is 11.7 Å². The van der Waals surface area contributed by atoms with Crippen LogP contribution < -0.4 is 15.4 Å². The fourth-order valence-electron chi connectivity index (χ4n) is 1.45. The molecule has 0 bridgehead atoms. The van der Waals surface area contributed by atoms with Crippen LogP contribution in [0.3, 0.4) is 0 Å². The molecule has 1 aromatic heterocycles. The Morgan fingerprint density at radius 3 is 2.59 bits per heavy atom. The van der Waals surface area contributed by atoms with Crippen LogP contribution in [-0.2, 0) is 6.18 Å². The highest BCUT2D eigenvalue weighted by molar-refractivity contribution is 7.98. The van der Waals surface area contributed by atoms with E-state index in [1.54, 1.807) is 18.8 Å². The summed E-state index contributed by atoms with van der Waals surface area (Å²) in [6.07, 6.45) is -1.61. The van der Waals surface area contributed by atoms with Gasteiger partial charge in [0, 0.05) is 31.6 Å². The van der Waals surface area contributed by atoms with Gasteiger partial charge in [-0.05, 0) is 12.3 Å². The average Bonchev–Trinajstić information content (AvgIpc) is 2.49. The summed E-state index contributed by atoms with van der Waals surface area (Å²) >= 11 is 1.72. The molecule has 0 atom stereocenters. The Hall–Kier alpha value is -1.64. The number of nitrogens with zero attached hydrogens (tertiary/aromatic N) is 2. The lowest BCUT2D eigenvalue weighted by Gasteiger charge is -2.12. The monoisotopic (exact) mass is 336 g/mol. The molecule has 9 heteroatoms. The average molecular weight is 336 g/mol. The van der Waals surface area contributed by atoms with Gasteiger partial charge in [-0.2, -0.15) is 24.9 Å². The summed E-state index contributed by atoms with van der Waals surface area (Å²) in [7, 11) is 1.66. The zero-order valence-electron chi connectivity index (χ0n) is 12.4. The van der Waals surface area contributed by atoms with Gasteiger partial charge in [-0.25, -0.2) is 4.98 Å². The van der Waals surface area contributed by atoms with Gasteiger partial charge in [0.2, 0.25) is 5.88 Å². The second kappa shape index (κ2) is 9.39. The highest BCUT2D eigenvalue weighted by Gasteiger charge is 2.30. The molecule has 0 aliphatic heterocycles. The van der Waals surface area contributed by atoms with Gasteiger partial charge in [0.05, 0.1) is 12.1 Å². The fourth-order valence-corrected chi connectivity index (χ4v) is 1.76. The third kappa shape index (κ3) is 6.88. The molecule has 0 aliphatic carbocycles. The van der Waals surface area contributed by atoms with Gasteiger partial charge in [0.1, 0.15) is 6.61 Å². The number of nitrogens with one attached hydrogen (secondary N) is 2. The minimum atomic E-state index is -4.39. The second-order valence-corrected chi connectivity index (χ2v) is 5.14. The lowest BCUT2D eigenvalue weighted by molar-refractivity contribution is -0.137. The molecule has 0 unspecified atom stereocenters. The summed E-state index contributed by atoms with van der Waals surface area (Å²) in [4.78, 5) is 7.66. The number of hydrogen-bond acceptors (Lipinski definition) is 4. The Bertz CT molecular complexity index is 465. The molecule has 22 heavy (non-hydrogen) atoms. The maximum atomic E-state index is 12.4. The van der Waals surface area contributed by atoms with Gasteiger partial charge >= 0.3 is 6.18 Å². The van der Waals surface area contributed by atoms with Crippen LogP contribution in [0, 0.1) is 0 Å². The first-order valence-electron chi connectivity index (χ1n) is 6.57. The van der Waals surface area contributed by atoms with Gasteiger partial charge in [-0.1, -0.05) is 0 Å². The van der Waals surface area contributed by atoms with Crippen LogP contribution in [0.1, 0.15) is 5.56 Å². The van der Waals surface area contributed by atoms with Crippen LogP contribution in [0.25, 0.3) is 0 Å². The van der Waals surface area contributed by atoms with Crippen molar-refractivity contribution in [1.29, 1.82) is 0 Å². The van der Waals surface area contributed by atoms with Crippen molar-refractivity contribution >= 4 is 17.7 Å². The van der Waals surface area contributed by atoms with E-state index >= 15 is 0 Å². The molecular formula is C13H19F3N4OS. The highest BCUT2D eigenvalue weighted by atomic mass is 32.2. The number of aromatic nitrogens is 1. The van der Waals surface area contributed by atoms with Crippen molar-refractivity contribution < 1.29 is 17.9 Å². The van der Waals surface area contributed by atoms with Crippen LogP contribution in [0.4, 0.5) is 13.2 Å². The first-order chi connectivity index (χ1) is 10.5. The van der Waals surface area contributed by atoms with Gasteiger partial charge in [-0.15, -0.1) is 0 Å². The molecule has 5 nitrogen and oxygen atoms in total. The molecule has 0 saturated carbocycles. The van der Waals surface area contributed by atoms with Crippen molar-refractivity contribution in [2.75, 3.05) is 38.8 Å². The summed E-state index contributed by atoms with van der Waals surface area (Å²) in [5, 5.41) is 6.15. The Morgan fingerprint density at radius 2 is 2.05 bits per heavy atom. The number of rotatable bonds is 7. The molecular weight excluding hydrogens is 317 g/mol. The Balaban J connectivity index is 2.29. The van der Waals surface area contributed by atoms with Gasteiger partial charge in [-0.3, -0.25) is 4.99 Å². The van der Waals surface area contributed by atoms with E-state index in [0.717, 1.165) is 24.6 Å². The lowest BCUT2D eigenvalue weighted by atomic mass is 10.3. The fraction of sp³-hybridized carbons (Fsp3) is 0.538. The number of aliphatic imine (C=N–C) groups is 1. The molecule has 0 radical (unpaired) electrons. The van der Waals surface area contributed by atoms with Crippen LogP contribution in [0.5, 0.6) is 5.88 Å². The van der Waals surface area contributed by atoms with E-state index in [1.165, 1.54) is 6.07 Å². The summed E-state index contributed by atoms with van der Waals surface area (Å²) in [5.74, 6) is 1.77. The number of hydrogen-bond donors (Lipinski definition) is 2. The molecule has 1 heterocycles. The first kappa shape index (κ1) is 18.4. The van der Waals surface area contributed by atoms with Crippen molar-refractivity contribution in [3.05, 3.63) is 23.9 Å². The molecule has 0 aliphatic rings. The molecule has 2 N–H and O–H groups in total. The van der Waals surface area contributed by atoms with Crippen molar-refractivity contribution in [2.45, 2.75) is 6.18 Å². The smallest absolute Gasteiger partial charge is 0.417 e. The molecule has 0 aromatic carbocycles. The first-order valence-corrected chi connectivity index (χ1v) is 7.96. The number of ether oxygens (including phenoxy) is 1. The standard InChI is InChI=1S/C13H19F3N4OS/c1-17-12(19-6-8-22-2)18-5-7-21-11-4-3-10(9-20-11)13(14,15)16/h3-4,9H,5-8H2,1-2H3,(H2,17,18,19). The maximum absolute atomic E-state index is 12.4. The van der Waals surface area contributed by atoms with Gasteiger partial charge in [0.25, 0.3) is 0 Å². The normalized spacial score (nSPS) is 12.1. The quantitative estimate of drug-likeness (QED) is 0.453. The molecule has 1 aromatic rings. The summed E-state index contributed by atoms with van der Waals surface area (Å²) in [6.45, 7) is 1.52. The van der Waals surface area contributed by atoms with Gasteiger partial charge in [0.15, 0.2) is 5.96 Å². The number of thioether (sulfide) groups is 1. The Labute approximate surface area is 131 Å². The van der Waals surface area contributed by atoms with Crippen molar-refractivity contribution in [2.24, 2.45) is 4.99 Å². The van der Waals surface area contributed by atoms with E-state index in [4.69, 9.17) is 4.74 Å². The van der Waals surface area contributed by atoms with Crippen LogP contribution in [0.2, 0.25) is 0 Å². The van der Waals surface area contributed by atoms with Crippen molar-refractivity contribution in [3.8, 4) is 5.88 Å². The van der Waals surface area contributed by atoms with Crippen LogP contribution in [0.15, 0.2) is 23.3 Å². The van der Waals surface area contributed by atoms with Crippen molar-refractivity contribution in [3.63, 3.8) is 0 Å².